The van der Waals surface area contributed by atoms with Crippen molar-refractivity contribution in [1.82, 2.24) is 5.43 Å². The van der Waals surface area contributed by atoms with Gasteiger partial charge >= 0.3 is 0 Å². The van der Waals surface area contributed by atoms with E-state index in [2.05, 4.69) is 16.0 Å². The molecule has 0 aliphatic heterocycles. The molecular formula is C17H17ClN4O. The minimum atomic E-state index is -0.420. The molecule has 0 atom stereocenters. The lowest BCUT2D eigenvalue weighted by Crippen LogP contribution is -2.33. The molecule has 0 heterocycles. The summed E-state index contributed by atoms with van der Waals surface area (Å²) < 4.78 is 0. The van der Waals surface area contributed by atoms with Gasteiger partial charge in [-0.15, -0.1) is 0 Å². The van der Waals surface area contributed by atoms with E-state index in [1.165, 1.54) is 0 Å². The van der Waals surface area contributed by atoms with Crippen molar-refractivity contribution in [2.75, 3.05) is 5.43 Å². The lowest BCUT2D eigenvalue weighted by Gasteiger charge is -2.07. The van der Waals surface area contributed by atoms with E-state index in [0.717, 1.165) is 11.3 Å². The van der Waals surface area contributed by atoms with Crippen molar-refractivity contribution in [1.29, 1.82) is 0 Å². The van der Waals surface area contributed by atoms with Gasteiger partial charge in [0.2, 0.25) is 0 Å². The number of hydrazine groups is 1. The Morgan fingerprint density at radius 1 is 1.13 bits per heavy atom. The van der Waals surface area contributed by atoms with Crippen LogP contribution in [-0.4, -0.2) is 11.6 Å². The first-order chi connectivity index (χ1) is 11.1. The largest absolute Gasteiger partial charge is 0.290 e. The number of para-hydroxylation sites is 1. The van der Waals surface area contributed by atoms with Gasteiger partial charge in [0, 0.05) is 5.02 Å². The summed E-state index contributed by atoms with van der Waals surface area (Å²) >= 11 is 5.86. The summed E-state index contributed by atoms with van der Waals surface area (Å²) in [6.45, 7) is 1.73. The van der Waals surface area contributed by atoms with Gasteiger partial charge < -0.3 is 0 Å². The molecule has 2 aromatic rings. The maximum absolute atomic E-state index is 12.0. The molecule has 0 bridgehead atoms. The Morgan fingerprint density at radius 3 is 2.39 bits per heavy atom. The summed E-state index contributed by atoms with van der Waals surface area (Å²) in [6, 6.07) is 16.6. The number of carbonyl (C=O) groups excluding carboxylic acids is 1. The standard InChI is InChI=1S/C17H17ClN4O/c1-12(21-22-15-5-3-2-4-6-15)16(17(23)20-19)11-13-7-9-14(18)10-8-13/h2-11,22H,19H2,1H3,(H,20,23)/b16-11-,21-12+. The summed E-state index contributed by atoms with van der Waals surface area (Å²) in [5.41, 5.74) is 7.55. The van der Waals surface area contributed by atoms with Crippen LogP contribution in [0.2, 0.25) is 5.02 Å². The van der Waals surface area contributed by atoms with Crippen molar-refractivity contribution < 1.29 is 4.79 Å². The molecule has 2 rings (SSSR count). The number of nitrogens with one attached hydrogen (secondary N) is 2. The van der Waals surface area contributed by atoms with Gasteiger partial charge in [-0.25, -0.2) is 5.84 Å². The zero-order chi connectivity index (χ0) is 16.7. The number of amides is 1. The lowest BCUT2D eigenvalue weighted by molar-refractivity contribution is -0.117. The predicted molar refractivity (Wildman–Crippen MR) is 94.9 cm³/mol. The first-order valence-electron chi connectivity index (χ1n) is 6.94. The number of anilines is 1. The number of hydrazone groups is 1. The highest BCUT2D eigenvalue weighted by atomic mass is 35.5. The van der Waals surface area contributed by atoms with Gasteiger partial charge in [0.25, 0.3) is 5.91 Å². The molecule has 0 saturated carbocycles. The van der Waals surface area contributed by atoms with Gasteiger partial charge in [-0.2, -0.15) is 5.10 Å². The highest BCUT2D eigenvalue weighted by Crippen LogP contribution is 2.14. The maximum Gasteiger partial charge on any atom is 0.267 e. The molecule has 1 amide bonds. The molecule has 0 aliphatic rings. The molecule has 0 aromatic heterocycles. The second-order valence-electron chi connectivity index (χ2n) is 4.76. The molecule has 0 aliphatic carbocycles. The summed E-state index contributed by atoms with van der Waals surface area (Å²) in [6.07, 6.45) is 1.70. The molecule has 118 valence electrons. The fraction of sp³-hybridized carbons (Fsp3) is 0.0588. The minimum Gasteiger partial charge on any atom is -0.290 e. The number of benzene rings is 2. The Balaban J connectivity index is 2.27. The van der Waals surface area contributed by atoms with Crippen LogP contribution in [-0.2, 0) is 4.79 Å². The number of halogens is 1. The molecule has 5 nitrogen and oxygen atoms in total. The zero-order valence-corrected chi connectivity index (χ0v) is 13.3. The molecule has 0 fully saturated rings. The van der Waals surface area contributed by atoms with E-state index in [-0.39, 0.29) is 0 Å². The molecular weight excluding hydrogens is 312 g/mol. The van der Waals surface area contributed by atoms with E-state index in [4.69, 9.17) is 17.4 Å². The number of hydrogen-bond acceptors (Lipinski definition) is 4. The van der Waals surface area contributed by atoms with E-state index in [1.807, 2.05) is 42.5 Å². The monoisotopic (exact) mass is 328 g/mol. The van der Waals surface area contributed by atoms with Crippen LogP contribution in [0.15, 0.2) is 65.3 Å². The number of nitrogens with zero attached hydrogens (tertiary/aromatic N) is 1. The highest BCUT2D eigenvalue weighted by molar-refractivity contribution is 6.30. The number of rotatable bonds is 5. The maximum atomic E-state index is 12.0. The van der Waals surface area contributed by atoms with Crippen LogP contribution in [0, 0.1) is 0 Å². The zero-order valence-electron chi connectivity index (χ0n) is 12.6. The van der Waals surface area contributed by atoms with Crippen LogP contribution in [0.3, 0.4) is 0 Å². The SMILES string of the molecule is CC(=N\Nc1ccccc1)/C(=C/c1ccc(Cl)cc1)C(=O)NN. The molecule has 6 heteroatoms. The Labute approximate surface area is 139 Å². The first-order valence-corrected chi connectivity index (χ1v) is 7.32. The molecule has 0 saturated heterocycles. The van der Waals surface area contributed by atoms with E-state index < -0.39 is 5.91 Å². The van der Waals surface area contributed by atoms with Crippen molar-refractivity contribution in [3.05, 3.63) is 70.8 Å². The van der Waals surface area contributed by atoms with Gasteiger partial charge in [-0.3, -0.25) is 15.6 Å². The fourth-order valence-corrected chi connectivity index (χ4v) is 1.99. The van der Waals surface area contributed by atoms with Crippen molar-refractivity contribution in [2.45, 2.75) is 6.92 Å². The van der Waals surface area contributed by atoms with E-state index in [1.54, 1.807) is 25.1 Å². The Kier molecular flexibility index (Phi) is 5.91. The minimum absolute atomic E-state index is 0.359. The average Bonchev–Trinajstić information content (AvgIpc) is 2.59. The quantitative estimate of drug-likeness (QED) is 0.259. The topological polar surface area (TPSA) is 79.5 Å². The van der Waals surface area contributed by atoms with Crippen molar-refractivity contribution in [3.8, 4) is 0 Å². The summed E-state index contributed by atoms with van der Waals surface area (Å²) in [7, 11) is 0. The van der Waals surface area contributed by atoms with Crippen LogP contribution < -0.4 is 16.7 Å². The molecule has 2 aromatic carbocycles. The third-order valence-electron chi connectivity index (χ3n) is 3.07. The van der Waals surface area contributed by atoms with Crippen LogP contribution in [0.25, 0.3) is 6.08 Å². The lowest BCUT2D eigenvalue weighted by atomic mass is 10.1. The summed E-state index contributed by atoms with van der Waals surface area (Å²) in [4.78, 5) is 12.0. The van der Waals surface area contributed by atoms with Gasteiger partial charge in [0.1, 0.15) is 0 Å². The van der Waals surface area contributed by atoms with Gasteiger partial charge in [0.05, 0.1) is 17.0 Å². The molecule has 0 radical (unpaired) electrons. The van der Waals surface area contributed by atoms with Crippen LogP contribution in [0.1, 0.15) is 12.5 Å². The third-order valence-corrected chi connectivity index (χ3v) is 3.32. The van der Waals surface area contributed by atoms with Crippen molar-refractivity contribution >= 4 is 35.0 Å². The molecule has 0 spiro atoms. The second-order valence-corrected chi connectivity index (χ2v) is 5.19. The van der Waals surface area contributed by atoms with Gasteiger partial charge in [-0.05, 0) is 42.8 Å². The van der Waals surface area contributed by atoms with Crippen LogP contribution >= 0.6 is 11.6 Å². The van der Waals surface area contributed by atoms with Crippen LogP contribution in [0.5, 0.6) is 0 Å². The summed E-state index contributed by atoms with van der Waals surface area (Å²) in [5, 5.41) is 4.86. The Bertz CT molecular complexity index is 724. The number of carbonyl (C=O) groups is 1. The Hall–Kier alpha value is -2.63. The fourth-order valence-electron chi connectivity index (χ4n) is 1.86. The van der Waals surface area contributed by atoms with Crippen LogP contribution in [0.4, 0.5) is 5.69 Å². The predicted octanol–water partition coefficient (Wildman–Crippen LogP) is 3.20. The van der Waals surface area contributed by atoms with Crippen molar-refractivity contribution in [3.63, 3.8) is 0 Å². The molecule has 4 N–H and O–H groups in total. The summed E-state index contributed by atoms with van der Waals surface area (Å²) in [5.74, 6) is 4.84. The van der Waals surface area contributed by atoms with E-state index in [0.29, 0.717) is 16.3 Å². The van der Waals surface area contributed by atoms with E-state index >= 15 is 0 Å². The van der Waals surface area contributed by atoms with Gasteiger partial charge in [0.15, 0.2) is 0 Å². The Morgan fingerprint density at radius 2 is 1.78 bits per heavy atom. The molecule has 0 unspecified atom stereocenters. The van der Waals surface area contributed by atoms with Crippen molar-refractivity contribution in [2.24, 2.45) is 10.9 Å². The third kappa shape index (κ3) is 4.95. The number of hydrogen-bond donors (Lipinski definition) is 3. The van der Waals surface area contributed by atoms with Gasteiger partial charge in [-0.1, -0.05) is 41.9 Å². The first kappa shape index (κ1) is 16.7. The average molecular weight is 329 g/mol. The highest BCUT2D eigenvalue weighted by Gasteiger charge is 2.12. The van der Waals surface area contributed by atoms with E-state index in [9.17, 15) is 4.79 Å². The number of nitrogens with two attached hydrogens (primary N) is 1. The normalized spacial score (nSPS) is 12.0. The molecule has 23 heavy (non-hydrogen) atoms. The second kappa shape index (κ2) is 8.12. The smallest absolute Gasteiger partial charge is 0.267 e.